The molecule has 0 saturated heterocycles. The first-order valence-corrected chi connectivity index (χ1v) is 14.4. The zero-order valence-corrected chi connectivity index (χ0v) is 26.0. The number of likely N-dealkylation sites (N-methyl/N-ethyl adjacent to an activating group) is 1. The molecule has 5 rings (SSSR count). The minimum absolute atomic E-state index is 0.0178. The molecule has 0 radical (unpaired) electrons. The number of aromatic amines is 1. The number of ether oxygens (including phenoxy) is 1. The average Bonchev–Trinajstić information content (AvgIpc) is 3.43. The second-order valence-corrected chi connectivity index (χ2v) is 11.7. The van der Waals surface area contributed by atoms with Crippen molar-refractivity contribution < 1.29 is 27.2 Å². The molecule has 0 spiro atoms. The van der Waals surface area contributed by atoms with Crippen LogP contribution in [0.25, 0.3) is 0 Å². The molecular weight excluding hydrogens is 613 g/mol. The molecule has 0 amide bonds. The van der Waals surface area contributed by atoms with Crippen LogP contribution in [0.2, 0.25) is 0 Å². The van der Waals surface area contributed by atoms with E-state index in [0.29, 0.717) is 46.4 Å². The van der Waals surface area contributed by atoms with Crippen LogP contribution in [-0.2, 0) is 28.7 Å². The first-order chi connectivity index (χ1) is 22.3. The highest BCUT2D eigenvalue weighted by atomic mass is 19.4. The molecule has 0 aliphatic carbocycles. The standard InChI is InChI=1S/C33H29F3N8O3/c1-20-28(30(45)47-4)29(43-31(40-41-32(43)46)42(20)26-7-5-6-24(15-26)33(34,35)36)27-11-9-21(16-37)14-23(27)12-13-44(2,3)19-22-8-10-25(17-38)39-18-22/h5-11,14-15,18,29H,12-13,19H2,1-4H3/p+1/t29-/m1/s1. The third-order valence-electron chi connectivity index (χ3n) is 8.08. The van der Waals surface area contributed by atoms with Crippen molar-refractivity contribution in [3.63, 3.8) is 0 Å². The maximum Gasteiger partial charge on any atom is 0.416 e. The quantitative estimate of drug-likeness (QED) is 0.215. The largest absolute Gasteiger partial charge is 0.466 e. The van der Waals surface area contributed by atoms with Gasteiger partial charge < -0.3 is 9.22 Å². The number of anilines is 2. The van der Waals surface area contributed by atoms with E-state index in [-0.39, 0.29) is 22.9 Å². The molecular formula is C33H30F3N8O3+. The Bertz CT molecular complexity index is 2010. The highest BCUT2D eigenvalue weighted by Gasteiger charge is 2.41. The van der Waals surface area contributed by atoms with Gasteiger partial charge in [-0.05, 0) is 60.5 Å². The predicted octanol–water partition coefficient (Wildman–Crippen LogP) is 4.74. The van der Waals surface area contributed by atoms with Crippen molar-refractivity contribution in [2.24, 2.45) is 0 Å². The third kappa shape index (κ3) is 6.50. The van der Waals surface area contributed by atoms with E-state index in [4.69, 9.17) is 10.00 Å². The number of carbonyl (C=O) groups excluding carboxylic acids is 1. The fourth-order valence-corrected chi connectivity index (χ4v) is 5.82. The molecule has 4 aromatic rings. The van der Waals surface area contributed by atoms with Gasteiger partial charge in [-0.2, -0.15) is 23.7 Å². The second kappa shape index (κ2) is 12.6. The summed E-state index contributed by atoms with van der Waals surface area (Å²) in [5, 5.41) is 25.4. The Kier molecular flexibility index (Phi) is 8.74. The average molecular weight is 644 g/mol. The number of aromatic nitrogens is 4. The van der Waals surface area contributed by atoms with Crippen LogP contribution in [0.1, 0.15) is 46.5 Å². The van der Waals surface area contributed by atoms with Crippen LogP contribution in [0.5, 0.6) is 0 Å². The topological polar surface area (TPSA) is 141 Å². The SMILES string of the molecule is COC(=O)C1=C(C)N(c2cccc(C(F)(F)F)c2)c2n[nH]c(=O)n2[C@@H]1c1ccc(C#N)cc1CC[N+](C)(C)Cc1ccc(C#N)nc1. The van der Waals surface area contributed by atoms with Gasteiger partial charge in [0.25, 0.3) is 0 Å². The van der Waals surface area contributed by atoms with Gasteiger partial charge in [0.2, 0.25) is 5.95 Å². The molecule has 2 aromatic heterocycles. The van der Waals surface area contributed by atoms with E-state index < -0.39 is 29.4 Å². The first kappa shape index (κ1) is 32.7. The Morgan fingerprint density at radius 2 is 1.87 bits per heavy atom. The number of methoxy groups -OCH3 is 1. The fraction of sp³-hybridized carbons (Fsp3) is 0.273. The smallest absolute Gasteiger partial charge is 0.416 e. The fourth-order valence-electron chi connectivity index (χ4n) is 5.82. The van der Waals surface area contributed by atoms with Crippen molar-refractivity contribution in [2.75, 3.05) is 32.6 Å². The highest BCUT2D eigenvalue weighted by Crippen LogP contribution is 2.43. The van der Waals surface area contributed by atoms with E-state index in [9.17, 15) is 28.0 Å². The zero-order chi connectivity index (χ0) is 34.1. The first-order valence-electron chi connectivity index (χ1n) is 14.4. The summed E-state index contributed by atoms with van der Waals surface area (Å²) in [6.07, 6.45) is -2.56. The van der Waals surface area contributed by atoms with E-state index >= 15 is 0 Å². The maximum atomic E-state index is 13.7. The lowest BCUT2D eigenvalue weighted by Gasteiger charge is -2.36. The number of quaternary nitrogens is 1. The van der Waals surface area contributed by atoms with Gasteiger partial charge in [0.15, 0.2) is 0 Å². The highest BCUT2D eigenvalue weighted by molar-refractivity contribution is 5.93. The number of nitrogens with one attached hydrogen (secondary N) is 1. The Labute approximate surface area is 268 Å². The number of halogens is 3. The summed E-state index contributed by atoms with van der Waals surface area (Å²) in [5.41, 5.74) is 1.46. The van der Waals surface area contributed by atoms with Crippen LogP contribution in [0.15, 0.2) is 76.9 Å². The van der Waals surface area contributed by atoms with Crippen LogP contribution in [0, 0.1) is 22.7 Å². The van der Waals surface area contributed by atoms with Crippen LogP contribution >= 0.6 is 0 Å². The zero-order valence-electron chi connectivity index (χ0n) is 26.0. The van der Waals surface area contributed by atoms with Gasteiger partial charge in [0, 0.05) is 29.6 Å². The number of alkyl halides is 3. The number of esters is 1. The summed E-state index contributed by atoms with van der Waals surface area (Å²) in [4.78, 5) is 32.3. The van der Waals surface area contributed by atoms with Crippen molar-refractivity contribution in [3.05, 3.63) is 116 Å². The number of rotatable bonds is 8. The lowest BCUT2D eigenvalue weighted by Crippen LogP contribution is -2.41. The monoisotopic (exact) mass is 643 g/mol. The van der Waals surface area contributed by atoms with Crippen molar-refractivity contribution in [2.45, 2.75) is 32.1 Å². The number of carbonyl (C=O) groups is 1. The molecule has 1 aliphatic rings. The number of pyridine rings is 1. The molecule has 2 aromatic carbocycles. The van der Waals surface area contributed by atoms with E-state index in [2.05, 4.69) is 21.3 Å². The molecule has 0 unspecified atom stereocenters. The van der Waals surface area contributed by atoms with Crippen molar-refractivity contribution in [1.29, 1.82) is 10.5 Å². The van der Waals surface area contributed by atoms with Gasteiger partial charge in [0.1, 0.15) is 24.3 Å². The number of allylic oxidation sites excluding steroid dienone is 1. The number of H-pyrrole nitrogens is 1. The van der Waals surface area contributed by atoms with Crippen molar-refractivity contribution >= 4 is 17.6 Å². The lowest BCUT2D eigenvalue weighted by atomic mass is 9.89. The van der Waals surface area contributed by atoms with Crippen molar-refractivity contribution in [3.8, 4) is 12.1 Å². The number of hydrogen-bond acceptors (Lipinski definition) is 8. The normalized spacial score (nSPS) is 14.7. The van der Waals surface area contributed by atoms with Gasteiger partial charge in [-0.1, -0.05) is 12.1 Å². The molecule has 1 atom stereocenters. The van der Waals surface area contributed by atoms with E-state index in [1.165, 1.54) is 28.7 Å². The Morgan fingerprint density at radius 3 is 2.51 bits per heavy atom. The van der Waals surface area contributed by atoms with Gasteiger partial charge in [-0.15, -0.1) is 5.10 Å². The van der Waals surface area contributed by atoms with Crippen LogP contribution in [0.3, 0.4) is 0 Å². The molecule has 1 N–H and O–H groups in total. The summed E-state index contributed by atoms with van der Waals surface area (Å²) >= 11 is 0. The molecule has 14 heteroatoms. The van der Waals surface area contributed by atoms with Gasteiger partial charge >= 0.3 is 17.8 Å². The van der Waals surface area contributed by atoms with Crippen molar-refractivity contribution in [1.82, 2.24) is 19.7 Å². The molecule has 11 nitrogen and oxygen atoms in total. The summed E-state index contributed by atoms with van der Waals surface area (Å²) in [6.45, 7) is 2.70. The summed E-state index contributed by atoms with van der Waals surface area (Å²) < 4.78 is 47.9. The van der Waals surface area contributed by atoms with Gasteiger partial charge in [0.05, 0.1) is 50.5 Å². The van der Waals surface area contributed by atoms with Gasteiger partial charge in [-0.3, -0.25) is 4.90 Å². The molecule has 3 heterocycles. The van der Waals surface area contributed by atoms with E-state index in [1.54, 1.807) is 37.4 Å². The van der Waals surface area contributed by atoms with Crippen LogP contribution < -0.4 is 10.6 Å². The number of fused-ring (bicyclic) bond motifs is 1. The molecule has 0 bridgehead atoms. The summed E-state index contributed by atoms with van der Waals surface area (Å²) in [6, 6.07) is 16.0. The third-order valence-corrected chi connectivity index (χ3v) is 8.08. The number of nitrogens with zero attached hydrogens (tertiary/aromatic N) is 7. The Hall–Kier alpha value is -5.73. The summed E-state index contributed by atoms with van der Waals surface area (Å²) in [7, 11) is 5.21. The minimum Gasteiger partial charge on any atom is -0.466 e. The molecule has 1 aliphatic heterocycles. The maximum absolute atomic E-state index is 13.7. The van der Waals surface area contributed by atoms with Crippen LogP contribution in [0.4, 0.5) is 24.8 Å². The summed E-state index contributed by atoms with van der Waals surface area (Å²) in [5.74, 6) is -0.813. The van der Waals surface area contributed by atoms with E-state index in [1.807, 2.05) is 26.2 Å². The minimum atomic E-state index is -4.64. The molecule has 47 heavy (non-hydrogen) atoms. The van der Waals surface area contributed by atoms with E-state index in [0.717, 1.165) is 17.7 Å². The molecule has 0 fully saturated rings. The lowest BCUT2D eigenvalue weighted by molar-refractivity contribution is -0.903. The molecule has 240 valence electrons. The predicted molar refractivity (Wildman–Crippen MR) is 164 cm³/mol. The Balaban J connectivity index is 1.62. The second-order valence-electron chi connectivity index (χ2n) is 11.7. The molecule has 0 saturated carbocycles. The number of nitriles is 2. The number of hydrogen-bond donors (Lipinski definition) is 1. The van der Waals surface area contributed by atoms with Gasteiger partial charge in [-0.25, -0.2) is 24.2 Å². The van der Waals surface area contributed by atoms with Crippen LogP contribution in [-0.4, -0.2) is 58.0 Å². The number of benzene rings is 2. The Morgan fingerprint density at radius 1 is 1.11 bits per heavy atom.